The number of thioether (sulfide) groups is 1. The number of halogens is 3. The molecule has 3 unspecified atom stereocenters. The molecule has 1 N–H and O–H groups in total. The molecule has 0 aromatic heterocycles. The molecule has 0 aromatic carbocycles. The fraction of sp³-hybridized carbons (Fsp3) is 1.00. The lowest BCUT2D eigenvalue weighted by Crippen LogP contribution is -2.29. The summed E-state index contributed by atoms with van der Waals surface area (Å²) >= 11 is 0.0327. The van der Waals surface area contributed by atoms with Gasteiger partial charge >= 0.3 is 5.51 Å². The molecule has 1 rings (SSSR count). The number of hydrogen-bond acceptors (Lipinski definition) is 2. The molecule has 17 heavy (non-hydrogen) atoms. The van der Waals surface area contributed by atoms with Crippen molar-refractivity contribution in [2.45, 2.75) is 57.1 Å². The Labute approximate surface area is 105 Å². The Balaban J connectivity index is 2.29. The molecular formula is C12H21F3OS. The fourth-order valence-corrected chi connectivity index (χ4v) is 3.30. The lowest BCUT2D eigenvalue weighted by Gasteiger charge is -2.33. The summed E-state index contributed by atoms with van der Waals surface area (Å²) in [4.78, 5) is 0. The van der Waals surface area contributed by atoms with Crippen molar-refractivity contribution in [3.8, 4) is 0 Å². The van der Waals surface area contributed by atoms with Gasteiger partial charge in [-0.15, -0.1) is 0 Å². The van der Waals surface area contributed by atoms with Crippen LogP contribution < -0.4 is 0 Å². The maximum Gasteiger partial charge on any atom is 0.441 e. The maximum absolute atomic E-state index is 12.0. The Hall–Kier alpha value is 0.100. The highest BCUT2D eigenvalue weighted by atomic mass is 32.2. The summed E-state index contributed by atoms with van der Waals surface area (Å²) in [7, 11) is 0. The van der Waals surface area contributed by atoms with E-state index in [0.717, 1.165) is 32.1 Å². The highest BCUT2D eigenvalue weighted by molar-refractivity contribution is 8.00. The summed E-state index contributed by atoms with van der Waals surface area (Å²) in [6.45, 7) is 2.12. The Morgan fingerprint density at radius 2 is 1.94 bits per heavy atom. The summed E-state index contributed by atoms with van der Waals surface area (Å²) in [5.41, 5.74) is -4.14. The van der Waals surface area contributed by atoms with E-state index in [1.165, 1.54) is 0 Å². The zero-order valence-corrected chi connectivity index (χ0v) is 11.0. The number of aliphatic hydroxyl groups is 1. The summed E-state index contributed by atoms with van der Waals surface area (Å²) in [6.07, 6.45) is 5.01. The Kier molecular flexibility index (Phi) is 6.13. The van der Waals surface area contributed by atoms with Crippen molar-refractivity contribution in [3.05, 3.63) is 0 Å². The van der Waals surface area contributed by atoms with E-state index in [2.05, 4.69) is 6.92 Å². The summed E-state index contributed by atoms with van der Waals surface area (Å²) in [5, 5.41) is 9.79. The average molecular weight is 270 g/mol. The molecule has 5 heteroatoms. The van der Waals surface area contributed by atoms with Crippen LogP contribution in [0.15, 0.2) is 0 Å². The van der Waals surface area contributed by atoms with Gasteiger partial charge in [-0.3, -0.25) is 0 Å². The van der Waals surface area contributed by atoms with E-state index in [1.54, 1.807) is 0 Å². The van der Waals surface area contributed by atoms with Crippen LogP contribution in [0.25, 0.3) is 0 Å². The van der Waals surface area contributed by atoms with Crippen LogP contribution in [0.1, 0.15) is 45.4 Å². The van der Waals surface area contributed by atoms with E-state index >= 15 is 0 Å². The second kappa shape index (κ2) is 6.88. The molecule has 1 fully saturated rings. The number of aliphatic hydroxyl groups excluding tert-OH is 1. The third kappa shape index (κ3) is 6.00. The van der Waals surface area contributed by atoms with E-state index in [-0.39, 0.29) is 23.4 Å². The second-order valence-corrected chi connectivity index (χ2v) is 6.04. The third-order valence-electron chi connectivity index (χ3n) is 3.50. The molecular weight excluding hydrogens is 249 g/mol. The van der Waals surface area contributed by atoms with Crippen LogP contribution >= 0.6 is 11.8 Å². The zero-order chi connectivity index (χ0) is 12.9. The van der Waals surface area contributed by atoms with Crippen LogP contribution in [0, 0.1) is 11.8 Å². The molecule has 1 aliphatic carbocycles. The first-order valence-electron chi connectivity index (χ1n) is 6.31. The zero-order valence-electron chi connectivity index (χ0n) is 10.2. The molecule has 0 aliphatic heterocycles. The van der Waals surface area contributed by atoms with Gasteiger partial charge in [0.1, 0.15) is 0 Å². The van der Waals surface area contributed by atoms with Crippen LogP contribution in [-0.4, -0.2) is 22.5 Å². The normalized spacial score (nSPS) is 30.5. The van der Waals surface area contributed by atoms with Crippen molar-refractivity contribution in [1.29, 1.82) is 0 Å². The highest BCUT2D eigenvalue weighted by Gasteiger charge is 2.31. The van der Waals surface area contributed by atoms with Crippen molar-refractivity contribution in [2.24, 2.45) is 11.8 Å². The standard InChI is InChI=1S/C12H21F3OS/c1-2-3-9-4-5-11(16)10(8-9)6-7-17-12(13,14)15/h9-11,16H,2-8H2,1H3. The minimum atomic E-state index is -4.14. The van der Waals surface area contributed by atoms with Gasteiger partial charge in [0.25, 0.3) is 0 Å². The number of alkyl halides is 3. The van der Waals surface area contributed by atoms with E-state index in [9.17, 15) is 18.3 Å². The SMILES string of the molecule is CCCC1CCC(O)C(CCSC(F)(F)F)C1. The van der Waals surface area contributed by atoms with Crippen molar-refractivity contribution in [3.63, 3.8) is 0 Å². The van der Waals surface area contributed by atoms with Gasteiger partial charge in [-0.05, 0) is 37.5 Å². The molecule has 0 amide bonds. The fourth-order valence-electron chi connectivity index (χ4n) is 2.65. The predicted octanol–water partition coefficient (Wildman–Crippen LogP) is 4.21. The van der Waals surface area contributed by atoms with Crippen LogP contribution in [-0.2, 0) is 0 Å². The summed E-state index contributed by atoms with van der Waals surface area (Å²) in [6, 6.07) is 0. The molecule has 0 heterocycles. The van der Waals surface area contributed by atoms with E-state index in [1.807, 2.05) is 0 Å². The predicted molar refractivity (Wildman–Crippen MR) is 64.9 cm³/mol. The lowest BCUT2D eigenvalue weighted by molar-refractivity contribution is -0.0330. The average Bonchev–Trinajstić information content (AvgIpc) is 2.21. The first-order chi connectivity index (χ1) is 7.92. The minimum Gasteiger partial charge on any atom is -0.393 e. The number of hydrogen-bond donors (Lipinski definition) is 1. The Bertz CT molecular complexity index is 220. The third-order valence-corrected chi connectivity index (χ3v) is 4.27. The van der Waals surface area contributed by atoms with Gasteiger partial charge in [-0.25, -0.2) is 0 Å². The molecule has 3 atom stereocenters. The van der Waals surface area contributed by atoms with Crippen molar-refractivity contribution in [1.82, 2.24) is 0 Å². The second-order valence-electron chi connectivity index (χ2n) is 4.88. The molecule has 102 valence electrons. The van der Waals surface area contributed by atoms with Gasteiger partial charge in [-0.1, -0.05) is 31.5 Å². The molecule has 0 radical (unpaired) electrons. The van der Waals surface area contributed by atoms with Gasteiger partial charge in [0.2, 0.25) is 0 Å². The molecule has 1 aliphatic rings. The van der Waals surface area contributed by atoms with Crippen LogP contribution in [0.3, 0.4) is 0 Å². The molecule has 1 saturated carbocycles. The van der Waals surface area contributed by atoms with Gasteiger partial charge in [0.05, 0.1) is 6.10 Å². The summed E-state index contributed by atoms with van der Waals surface area (Å²) < 4.78 is 36.0. The van der Waals surface area contributed by atoms with Gasteiger partial charge in [0, 0.05) is 5.75 Å². The van der Waals surface area contributed by atoms with Crippen LogP contribution in [0.5, 0.6) is 0 Å². The van der Waals surface area contributed by atoms with E-state index in [0.29, 0.717) is 12.3 Å². The topological polar surface area (TPSA) is 20.2 Å². The largest absolute Gasteiger partial charge is 0.441 e. The van der Waals surface area contributed by atoms with Crippen LogP contribution in [0.2, 0.25) is 0 Å². The Morgan fingerprint density at radius 1 is 1.24 bits per heavy atom. The van der Waals surface area contributed by atoms with Crippen molar-refractivity contribution in [2.75, 3.05) is 5.75 Å². The van der Waals surface area contributed by atoms with Gasteiger partial charge in [-0.2, -0.15) is 13.2 Å². The minimum absolute atomic E-state index is 0.0327. The van der Waals surface area contributed by atoms with Gasteiger partial charge < -0.3 is 5.11 Å². The smallest absolute Gasteiger partial charge is 0.393 e. The van der Waals surface area contributed by atoms with Crippen molar-refractivity contribution >= 4 is 11.8 Å². The molecule has 0 spiro atoms. The molecule has 0 aromatic rings. The van der Waals surface area contributed by atoms with E-state index < -0.39 is 11.6 Å². The first kappa shape index (κ1) is 15.2. The van der Waals surface area contributed by atoms with Gasteiger partial charge in [0.15, 0.2) is 0 Å². The van der Waals surface area contributed by atoms with Crippen LogP contribution in [0.4, 0.5) is 13.2 Å². The summed E-state index contributed by atoms with van der Waals surface area (Å²) in [5.74, 6) is 0.740. The molecule has 0 saturated heterocycles. The maximum atomic E-state index is 12.0. The quantitative estimate of drug-likeness (QED) is 0.807. The molecule has 1 nitrogen and oxygen atoms in total. The first-order valence-corrected chi connectivity index (χ1v) is 7.29. The van der Waals surface area contributed by atoms with Crippen molar-refractivity contribution < 1.29 is 18.3 Å². The highest BCUT2D eigenvalue weighted by Crippen LogP contribution is 2.37. The number of rotatable bonds is 5. The van der Waals surface area contributed by atoms with E-state index in [4.69, 9.17) is 0 Å². The Morgan fingerprint density at radius 3 is 2.53 bits per heavy atom. The monoisotopic (exact) mass is 270 g/mol. The lowest BCUT2D eigenvalue weighted by atomic mass is 9.76. The molecule has 0 bridgehead atoms.